The van der Waals surface area contributed by atoms with Crippen LogP contribution in [0.15, 0.2) is 61.2 Å². The summed E-state index contributed by atoms with van der Waals surface area (Å²) >= 11 is 4.62. The zero-order valence-electron chi connectivity index (χ0n) is 21.4. The zero-order chi connectivity index (χ0) is 27.4. The van der Waals surface area contributed by atoms with E-state index in [1.54, 1.807) is 12.1 Å². The number of carbonyl (C=O) groups is 1. The van der Waals surface area contributed by atoms with Crippen molar-refractivity contribution < 1.29 is 53.3 Å². The molecule has 206 valence electrons. The van der Waals surface area contributed by atoms with Crippen molar-refractivity contribution in [2.24, 2.45) is 17.8 Å². The first-order chi connectivity index (χ1) is 17.5. The number of rotatable bonds is 8. The SMILES string of the molecule is C=CC(=O)OCCCCOc1cc[c-]cc1.CC1[CH-]CC(C(C)C)CC1.[O]=[Co].[O]=[Co].[c-]1cc[c-]cc1. The molecule has 3 rings (SSSR count). The average Bonchev–Trinajstić information content (AvgIpc) is 2.95. The van der Waals surface area contributed by atoms with Crippen LogP contribution in [0.4, 0.5) is 0 Å². The van der Waals surface area contributed by atoms with Gasteiger partial charge in [-0.3, -0.25) is 24.3 Å². The number of carbonyl (C=O) groups excluding carboxylic acids is 1. The summed E-state index contributed by atoms with van der Waals surface area (Å²) in [6.45, 7) is 11.4. The van der Waals surface area contributed by atoms with Crippen LogP contribution >= 0.6 is 0 Å². The molecule has 1 aliphatic rings. The van der Waals surface area contributed by atoms with Crippen molar-refractivity contribution in [2.45, 2.75) is 52.9 Å². The van der Waals surface area contributed by atoms with E-state index in [9.17, 15) is 4.79 Å². The van der Waals surface area contributed by atoms with Gasteiger partial charge < -0.3 is 28.0 Å². The Morgan fingerprint density at radius 1 is 1.00 bits per heavy atom. The molecule has 0 spiro atoms. The summed E-state index contributed by atoms with van der Waals surface area (Å²) in [5, 5.41) is 0. The summed E-state index contributed by atoms with van der Waals surface area (Å²) in [4.78, 5) is 10.7. The van der Waals surface area contributed by atoms with Gasteiger partial charge in [-0.25, -0.2) is 4.79 Å². The van der Waals surface area contributed by atoms with Gasteiger partial charge in [0.25, 0.3) is 0 Å². The monoisotopic (exact) mass is 584 g/mol. The maximum absolute atomic E-state index is 10.7. The largest absolute Gasteiger partial charge is 0.319 e. The van der Waals surface area contributed by atoms with Crippen molar-refractivity contribution in [3.63, 3.8) is 0 Å². The minimum Gasteiger partial charge on any atom is -0.319 e. The van der Waals surface area contributed by atoms with E-state index in [0.717, 1.165) is 42.4 Å². The number of benzene rings is 2. The van der Waals surface area contributed by atoms with Crippen molar-refractivity contribution >= 4 is 5.97 Å². The molecule has 2 aromatic carbocycles. The molecule has 0 saturated heterocycles. The van der Waals surface area contributed by atoms with E-state index in [4.69, 9.17) is 17.2 Å². The molecule has 0 aliphatic heterocycles. The quantitative estimate of drug-likeness (QED) is 0.150. The zero-order valence-corrected chi connectivity index (χ0v) is 23.5. The minimum absolute atomic E-state index is 0.375. The third-order valence-electron chi connectivity index (χ3n) is 5.23. The molecule has 0 amide bonds. The van der Waals surface area contributed by atoms with E-state index in [-0.39, 0.29) is 5.97 Å². The third kappa shape index (κ3) is 22.5. The van der Waals surface area contributed by atoms with E-state index in [0.29, 0.717) is 13.2 Å². The minimum atomic E-state index is -0.375. The number of esters is 1. The number of ether oxygens (including phenoxy) is 2. The molecule has 0 radical (unpaired) electrons. The van der Waals surface area contributed by atoms with Gasteiger partial charge in [-0.15, -0.1) is 12.1 Å². The van der Waals surface area contributed by atoms with Crippen LogP contribution in [0.1, 0.15) is 52.9 Å². The van der Waals surface area contributed by atoms with Crippen molar-refractivity contribution in [1.29, 1.82) is 0 Å². The molecule has 0 bridgehead atoms. The second-order valence-electron chi connectivity index (χ2n) is 8.19. The normalized spacial score (nSPS) is 15.5. The third-order valence-corrected chi connectivity index (χ3v) is 5.23. The maximum atomic E-state index is 10.7. The summed E-state index contributed by atoms with van der Waals surface area (Å²) < 4.78 is 26.2. The fraction of sp³-hybridized carbons (Fsp3) is 0.448. The van der Waals surface area contributed by atoms with Crippen LogP contribution in [0.5, 0.6) is 5.75 Å². The predicted octanol–water partition coefficient (Wildman–Crippen LogP) is 6.70. The van der Waals surface area contributed by atoms with Crippen LogP contribution in [0.3, 0.4) is 0 Å². The standard InChI is InChI=1S/C13H15O3.C10H19.C6H4.2Co.2O/c1-2-13(14)16-11-7-6-10-15-12-8-4-3-5-9-12;1-8(2)10-6-4-9(3)5-7-10;1-2-4-6-5-3-1;;;;/h2,4-5,8-9H,1,6-7,10-11H2;4,8-10H,5-7H2,1-3H3;1-2,5-6H;;;;/q2*-1;-2;;;;. The van der Waals surface area contributed by atoms with Crippen molar-refractivity contribution in [2.75, 3.05) is 13.2 Å². The van der Waals surface area contributed by atoms with Gasteiger partial charge in [0.1, 0.15) is 0 Å². The Hall–Kier alpha value is -1.94. The molecule has 2 aromatic rings. The van der Waals surface area contributed by atoms with Gasteiger partial charge in [-0.05, 0) is 18.8 Å². The van der Waals surface area contributed by atoms with Crippen LogP contribution in [0.2, 0.25) is 0 Å². The molecule has 0 heterocycles. The van der Waals surface area contributed by atoms with Gasteiger partial charge in [-0.1, -0.05) is 46.1 Å². The molecule has 2 unspecified atom stereocenters. The van der Waals surface area contributed by atoms with E-state index < -0.39 is 0 Å². The van der Waals surface area contributed by atoms with Crippen molar-refractivity contribution in [1.82, 2.24) is 0 Å². The summed E-state index contributed by atoms with van der Waals surface area (Å²) in [5.41, 5.74) is 0. The Bertz CT molecular complexity index is 707. The molecular formula is C29H38Co2O5-4. The fourth-order valence-electron chi connectivity index (χ4n) is 3.12. The van der Waals surface area contributed by atoms with E-state index >= 15 is 0 Å². The van der Waals surface area contributed by atoms with Crippen molar-refractivity contribution in [3.8, 4) is 5.75 Å². The molecule has 1 fully saturated rings. The Morgan fingerprint density at radius 2 is 1.53 bits per heavy atom. The second kappa shape index (κ2) is 27.6. The van der Waals surface area contributed by atoms with Crippen LogP contribution in [0.25, 0.3) is 0 Å². The summed E-state index contributed by atoms with van der Waals surface area (Å²) in [5.74, 6) is 3.22. The molecule has 5 nitrogen and oxygen atoms in total. The first-order valence-corrected chi connectivity index (χ1v) is 12.7. The Morgan fingerprint density at radius 3 is 1.97 bits per heavy atom. The van der Waals surface area contributed by atoms with Gasteiger partial charge in [0.2, 0.25) is 0 Å². The van der Waals surface area contributed by atoms with Crippen LogP contribution in [-0.4, -0.2) is 19.2 Å². The van der Waals surface area contributed by atoms with E-state index in [1.165, 1.54) is 19.3 Å². The molecule has 0 N–H and O–H groups in total. The maximum Gasteiger partial charge on any atom is -0.288 e. The Labute approximate surface area is 234 Å². The molecule has 1 saturated carbocycles. The Balaban J connectivity index is 0. The molecule has 7 heteroatoms. The van der Waals surface area contributed by atoms with Gasteiger partial charge in [0, 0.05) is 11.8 Å². The van der Waals surface area contributed by atoms with Crippen molar-refractivity contribution in [3.05, 3.63) is 85.8 Å². The van der Waals surface area contributed by atoms with Crippen LogP contribution in [-0.2, 0) is 48.6 Å². The topological polar surface area (TPSA) is 69.7 Å². The number of hydrogen-bond acceptors (Lipinski definition) is 5. The molecule has 2 atom stereocenters. The first kappa shape index (κ1) is 36.2. The summed E-state index contributed by atoms with van der Waals surface area (Å²) in [7, 11) is 0. The van der Waals surface area contributed by atoms with Gasteiger partial charge in [0.15, 0.2) is 0 Å². The molecule has 36 heavy (non-hydrogen) atoms. The first-order valence-electron chi connectivity index (χ1n) is 11.8. The van der Waals surface area contributed by atoms with Gasteiger partial charge >= 0.3 is 45.0 Å². The molecular weight excluding hydrogens is 546 g/mol. The van der Waals surface area contributed by atoms with E-state index in [1.807, 2.05) is 36.4 Å². The van der Waals surface area contributed by atoms with Crippen LogP contribution < -0.4 is 4.74 Å². The summed E-state index contributed by atoms with van der Waals surface area (Å²) in [6, 6.07) is 23.2. The second-order valence-corrected chi connectivity index (χ2v) is 8.19. The average molecular weight is 584 g/mol. The number of hydrogen-bond donors (Lipinski definition) is 0. The van der Waals surface area contributed by atoms with E-state index in [2.05, 4.69) is 83.3 Å². The summed E-state index contributed by atoms with van der Waals surface area (Å²) in [6.07, 6.45) is 9.53. The fourth-order valence-corrected chi connectivity index (χ4v) is 3.12. The predicted molar refractivity (Wildman–Crippen MR) is 132 cm³/mol. The van der Waals surface area contributed by atoms with Gasteiger partial charge in [0.05, 0.1) is 13.2 Å². The number of unbranched alkanes of at least 4 members (excludes halogenated alkanes) is 1. The van der Waals surface area contributed by atoms with Gasteiger partial charge in [-0.2, -0.15) is 30.5 Å². The molecule has 1 aliphatic carbocycles. The molecule has 0 aromatic heterocycles. The van der Waals surface area contributed by atoms with Crippen LogP contribution in [0, 0.1) is 42.4 Å². The Kier molecular flexibility index (Phi) is 27.8. The smallest absolute Gasteiger partial charge is 0.288 e.